The third-order valence-electron chi connectivity index (χ3n) is 9.03. The van der Waals surface area contributed by atoms with Crippen LogP contribution in [-0.2, 0) is 24.2 Å². The van der Waals surface area contributed by atoms with Crippen molar-refractivity contribution in [1.82, 2.24) is 14.7 Å². The van der Waals surface area contributed by atoms with Crippen molar-refractivity contribution in [1.29, 1.82) is 0 Å². The highest BCUT2D eigenvalue weighted by Crippen LogP contribution is 2.34. The van der Waals surface area contributed by atoms with Gasteiger partial charge in [-0.2, -0.15) is 0 Å². The lowest BCUT2D eigenvalue weighted by Gasteiger charge is -2.49. The highest BCUT2D eigenvalue weighted by Gasteiger charge is 2.45. The molecule has 3 aliphatic rings. The molecule has 2 amide bonds. The molecule has 5 rings (SSSR count). The summed E-state index contributed by atoms with van der Waals surface area (Å²) in [5, 5.41) is 0. The zero-order chi connectivity index (χ0) is 27.6. The highest BCUT2D eigenvalue weighted by atomic mass is 16.2. The fourth-order valence-corrected chi connectivity index (χ4v) is 6.64. The van der Waals surface area contributed by atoms with Gasteiger partial charge in [-0.3, -0.25) is 4.90 Å². The molecule has 2 aliphatic heterocycles. The number of hydrogen-bond acceptors (Lipinski definition) is 4. The second-order valence-corrected chi connectivity index (χ2v) is 13.2. The van der Waals surface area contributed by atoms with Crippen LogP contribution in [0.1, 0.15) is 63.1 Å². The monoisotopic (exact) mass is 530 g/mol. The maximum atomic E-state index is 14.1. The van der Waals surface area contributed by atoms with E-state index in [4.69, 9.17) is 0 Å². The molecule has 0 aromatic heterocycles. The molecule has 6 nitrogen and oxygen atoms in total. The first-order valence-corrected chi connectivity index (χ1v) is 14.8. The van der Waals surface area contributed by atoms with Crippen LogP contribution in [0.2, 0.25) is 0 Å². The zero-order valence-corrected chi connectivity index (χ0v) is 24.4. The Hall–Kier alpha value is -2.86. The van der Waals surface area contributed by atoms with Crippen LogP contribution in [0, 0.1) is 5.41 Å². The zero-order valence-electron chi connectivity index (χ0n) is 24.4. The summed E-state index contributed by atoms with van der Waals surface area (Å²) in [5.74, 6) is 0. The minimum atomic E-state index is -0.764. The van der Waals surface area contributed by atoms with Crippen LogP contribution in [0.15, 0.2) is 48.5 Å². The first-order valence-electron chi connectivity index (χ1n) is 14.8. The quantitative estimate of drug-likeness (QED) is 0.451. The van der Waals surface area contributed by atoms with Crippen molar-refractivity contribution in [2.75, 3.05) is 44.7 Å². The van der Waals surface area contributed by atoms with Crippen LogP contribution < -0.4 is 4.90 Å². The molecule has 2 fully saturated rings. The molecule has 0 atom stereocenters. The second-order valence-electron chi connectivity index (χ2n) is 13.2. The number of fused-ring (bicyclic) bond motifs is 1. The summed E-state index contributed by atoms with van der Waals surface area (Å²) in [4.78, 5) is 35.7. The number of hydrogen-bond donors (Lipinski definition) is 0. The van der Waals surface area contributed by atoms with E-state index < -0.39 is 5.54 Å². The number of urea groups is 1. The SMILES string of the molecule is CN(C(=O)N(CC(C)(C)C)C1(C=O)CCN(Cc2ccc(N3CCCC3)cc2)CC1)C1Cc2ccccc2C1. The summed E-state index contributed by atoms with van der Waals surface area (Å²) >= 11 is 0. The molecule has 0 spiro atoms. The molecule has 0 N–H and O–H groups in total. The Morgan fingerprint density at radius 2 is 1.54 bits per heavy atom. The maximum absolute atomic E-state index is 14.1. The van der Waals surface area contributed by atoms with Gasteiger partial charge in [0.1, 0.15) is 11.8 Å². The molecule has 2 aromatic carbocycles. The van der Waals surface area contributed by atoms with Gasteiger partial charge in [0.05, 0.1) is 0 Å². The maximum Gasteiger partial charge on any atom is 0.320 e. The van der Waals surface area contributed by atoms with Crippen molar-refractivity contribution in [3.8, 4) is 0 Å². The van der Waals surface area contributed by atoms with Crippen LogP contribution in [0.3, 0.4) is 0 Å². The summed E-state index contributed by atoms with van der Waals surface area (Å²) in [6, 6.07) is 17.6. The lowest BCUT2D eigenvalue weighted by molar-refractivity contribution is -0.121. The van der Waals surface area contributed by atoms with Gasteiger partial charge in [-0.25, -0.2) is 4.79 Å². The number of piperidine rings is 1. The second kappa shape index (κ2) is 11.3. The number of likely N-dealkylation sites (tertiary alicyclic amines) is 1. The van der Waals surface area contributed by atoms with E-state index in [0.29, 0.717) is 19.4 Å². The van der Waals surface area contributed by atoms with E-state index in [-0.39, 0.29) is 17.5 Å². The van der Waals surface area contributed by atoms with E-state index >= 15 is 0 Å². The molecule has 210 valence electrons. The number of anilines is 1. The van der Waals surface area contributed by atoms with E-state index in [1.54, 1.807) is 0 Å². The molecule has 0 bridgehead atoms. The molecule has 6 heteroatoms. The average molecular weight is 531 g/mol. The normalized spacial score (nSPS) is 19.6. The van der Waals surface area contributed by atoms with Gasteiger partial charge >= 0.3 is 6.03 Å². The van der Waals surface area contributed by atoms with Gasteiger partial charge in [-0.15, -0.1) is 0 Å². The standard InChI is InChI=1S/C33H46N4O2/c1-32(2,3)24-37(31(39)34(4)30-21-27-9-5-6-10-28(27)22-30)33(25-38)15-19-35(20-16-33)23-26-11-13-29(14-12-26)36-17-7-8-18-36/h5-6,9-14,25,30H,7-8,15-24H2,1-4H3. The number of aldehydes is 1. The predicted octanol–water partition coefficient (Wildman–Crippen LogP) is 5.39. The largest absolute Gasteiger partial charge is 0.372 e. The number of amides is 2. The Kier molecular flexibility index (Phi) is 8.04. The number of rotatable bonds is 7. The minimum Gasteiger partial charge on any atom is -0.372 e. The third-order valence-corrected chi connectivity index (χ3v) is 9.03. The van der Waals surface area contributed by atoms with Crippen LogP contribution in [0.5, 0.6) is 0 Å². The van der Waals surface area contributed by atoms with Gasteiger partial charge in [0.15, 0.2) is 0 Å². The average Bonchev–Trinajstić information content (AvgIpc) is 3.62. The lowest BCUT2D eigenvalue weighted by atomic mass is 9.84. The summed E-state index contributed by atoms with van der Waals surface area (Å²) in [5.41, 5.74) is 4.41. The molecular weight excluding hydrogens is 484 g/mol. The summed E-state index contributed by atoms with van der Waals surface area (Å²) in [6.07, 6.45) is 6.74. The third kappa shape index (κ3) is 6.16. The molecule has 2 heterocycles. The first kappa shape index (κ1) is 27.7. The van der Waals surface area contributed by atoms with Crippen molar-refractivity contribution in [2.24, 2.45) is 5.41 Å². The molecule has 2 saturated heterocycles. The van der Waals surface area contributed by atoms with E-state index in [1.807, 2.05) is 16.8 Å². The lowest BCUT2D eigenvalue weighted by Crippen LogP contribution is -2.63. The Bertz CT molecular complexity index is 1120. The van der Waals surface area contributed by atoms with Crippen molar-refractivity contribution < 1.29 is 9.59 Å². The Labute approximate surface area is 234 Å². The Balaban J connectivity index is 1.26. The smallest absolute Gasteiger partial charge is 0.320 e. The van der Waals surface area contributed by atoms with Gasteiger partial charge in [-0.1, -0.05) is 57.2 Å². The van der Waals surface area contributed by atoms with Crippen molar-refractivity contribution in [3.05, 3.63) is 65.2 Å². The topological polar surface area (TPSA) is 47.1 Å². The van der Waals surface area contributed by atoms with Gasteiger partial charge in [0.2, 0.25) is 0 Å². The summed E-state index contributed by atoms with van der Waals surface area (Å²) in [7, 11) is 1.92. The van der Waals surface area contributed by atoms with Crippen molar-refractivity contribution in [2.45, 2.75) is 77.4 Å². The number of likely N-dealkylation sites (N-methyl/N-ethyl adjacent to an activating group) is 1. The molecule has 0 unspecified atom stereocenters. The van der Waals surface area contributed by atoms with Crippen LogP contribution in [-0.4, -0.2) is 78.4 Å². The summed E-state index contributed by atoms with van der Waals surface area (Å²) in [6.45, 7) is 11.8. The van der Waals surface area contributed by atoms with Crippen molar-refractivity contribution >= 4 is 18.0 Å². The molecule has 0 radical (unpaired) electrons. The Morgan fingerprint density at radius 1 is 0.949 bits per heavy atom. The number of carbonyl (C=O) groups excluding carboxylic acids is 2. The molecule has 1 aliphatic carbocycles. The number of nitrogens with zero attached hydrogens (tertiary/aromatic N) is 4. The van der Waals surface area contributed by atoms with Crippen LogP contribution in [0.4, 0.5) is 10.5 Å². The number of carbonyl (C=O) groups is 2. The molecular formula is C33H46N4O2. The number of benzene rings is 2. The molecule has 0 saturated carbocycles. The first-order chi connectivity index (χ1) is 18.7. The van der Waals surface area contributed by atoms with Gasteiger partial charge in [0, 0.05) is 58.0 Å². The van der Waals surface area contributed by atoms with Crippen molar-refractivity contribution in [3.63, 3.8) is 0 Å². The van der Waals surface area contributed by atoms with Gasteiger partial charge in [-0.05, 0) is 72.8 Å². The predicted molar refractivity (Wildman–Crippen MR) is 158 cm³/mol. The fraction of sp³-hybridized carbons (Fsp3) is 0.576. The fourth-order valence-electron chi connectivity index (χ4n) is 6.64. The van der Waals surface area contributed by atoms with Crippen LogP contribution >= 0.6 is 0 Å². The summed E-state index contributed by atoms with van der Waals surface area (Å²) < 4.78 is 0. The van der Waals surface area contributed by atoms with Gasteiger partial charge in [0.25, 0.3) is 0 Å². The van der Waals surface area contributed by atoms with E-state index in [2.05, 4.69) is 79.1 Å². The Morgan fingerprint density at radius 3 is 2.08 bits per heavy atom. The minimum absolute atomic E-state index is 0.0132. The van der Waals surface area contributed by atoms with E-state index in [1.165, 1.54) is 35.2 Å². The van der Waals surface area contributed by atoms with E-state index in [0.717, 1.165) is 51.9 Å². The highest BCUT2D eigenvalue weighted by molar-refractivity contribution is 5.81. The van der Waals surface area contributed by atoms with E-state index in [9.17, 15) is 9.59 Å². The molecule has 39 heavy (non-hydrogen) atoms. The van der Waals surface area contributed by atoms with Crippen LogP contribution in [0.25, 0.3) is 0 Å². The molecule has 2 aromatic rings. The van der Waals surface area contributed by atoms with Gasteiger partial charge < -0.3 is 19.5 Å².